The predicted molar refractivity (Wildman–Crippen MR) is 160 cm³/mol. The summed E-state index contributed by atoms with van der Waals surface area (Å²) in [6.07, 6.45) is 11.0. The smallest absolute Gasteiger partial charge is 0.225 e. The van der Waals surface area contributed by atoms with Crippen LogP contribution >= 0.6 is 0 Å². The predicted octanol–water partition coefficient (Wildman–Crippen LogP) is 3.39. The Balaban J connectivity index is 1.10. The number of aliphatic hydroxyl groups excluding tert-OH is 1. The molecule has 0 radical (unpaired) electrons. The van der Waals surface area contributed by atoms with Crippen molar-refractivity contribution < 1.29 is 18.3 Å². The van der Waals surface area contributed by atoms with Gasteiger partial charge in [-0.25, -0.2) is 13.4 Å². The topological polar surface area (TPSA) is 121 Å². The molecule has 2 N–H and O–H groups in total. The first-order valence-corrected chi connectivity index (χ1v) is 16.8. The Bertz CT molecular complexity index is 1480. The molecule has 11 heteroatoms. The van der Waals surface area contributed by atoms with Crippen molar-refractivity contribution in [2.75, 3.05) is 42.7 Å². The molecule has 4 heterocycles. The summed E-state index contributed by atoms with van der Waals surface area (Å²) in [5.74, 6) is 1.67. The van der Waals surface area contributed by atoms with Crippen LogP contribution in [0, 0.1) is 5.92 Å². The van der Waals surface area contributed by atoms with Gasteiger partial charge >= 0.3 is 0 Å². The molecule has 3 fully saturated rings. The van der Waals surface area contributed by atoms with E-state index in [1.54, 1.807) is 6.20 Å². The van der Waals surface area contributed by atoms with Crippen LogP contribution in [0.3, 0.4) is 0 Å². The summed E-state index contributed by atoms with van der Waals surface area (Å²) in [6, 6.07) is 10.5. The highest BCUT2D eigenvalue weighted by atomic mass is 32.2. The van der Waals surface area contributed by atoms with E-state index in [4.69, 9.17) is 4.98 Å². The van der Waals surface area contributed by atoms with Crippen LogP contribution in [0.5, 0.6) is 0 Å². The standard InChI is InChI=1S/C30H40N6O4S/c1-41(39,40)24-12-18-34(19-13-24)26-3-2-4-27-25(26)14-20-36(27)28-9-15-31-30(33-28)32-22-7-5-21(6-8-22)29(38)35-16-10-23(37)11-17-35/h2-4,9,14-15,20-24,37H,5-8,10-13,16-19H2,1H3,(H,31,32,33)/t21-,22-. The van der Waals surface area contributed by atoms with Gasteiger partial charge in [-0.1, -0.05) is 6.07 Å². The number of fused-ring (bicyclic) bond motifs is 1. The molecule has 3 aromatic rings. The number of nitrogens with zero attached hydrogens (tertiary/aromatic N) is 5. The number of benzene rings is 1. The van der Waals surface area contributed by atoms with Crippen LogP contribution < -0.4 is 10.2 Å². The van der Waals surface area contributed by atoms with Crippen molar-refractivity contribution >= 4 is 38.3 Å². The highest BCUT2D eigenvalue weighted by Gasteiger charge is 2.32. The third-order valence-electron chi connectivity index (χ3n) is 9.17. The molecule has 1 aliphatic carbocycles. The summed E-state index contributed by atoms with van der Waals surface area (Å²) < 4.78 is 26.1. The number of piperidine rings is 2. The number of likely N-dealkylation sites (tertiary alicyclic amines) is 1. The van der Waals surface area contributed by atoms with Crippen LogP contribution in [0.2, 0.25) is 0 Å². The van der Waals surface area contributed by atoms with Crippen molar-refractivity contribution in [3.05, 3.63) is 42.7 Å². The zero-order valence-corrected chi connectivity index (χ0v) is 24.5. The second kappa shape index (κ2) is 11.6. The van der Waals surface area contributed by atoms with Crippen molar-refractivity contribution in [1.29, 1.82) is 0 Å². The zero-order chi connectivity index (χ0) is 28.6. The van der Waals surface area contributed by atoms with Gasteiger partial charge in [0.25, 0.3) is 0 Å². The molecule has 1 aromatic carbocycles. The maximum absolute atomic E-state index is 13.0. The molecule has 0 spiro atoms. The van der Waals surface area contributed by atoms with Gasteiger partial charge in [0.2, 0.25) is 11.9 Å². The lowest BCUT2D eigenvalue weighted by atomic mass is 9.85. The number of aromatic nitrogens is 3. The second-order valence-corrected chi connectivity index (χ2v) is 14.2. The highest BCUT2D eigenvalue weighted by Crippen LogP contribution is 2.33. The van der Waals surface area contributed by atoms with Crippen LogP contribution in [-0.2, 0) is 14.6 Å². The fourth-order valence-electron chi connectivity index (χ4n) is 6.72. The molecule has 2 aromatic heterocycles. The van der Waals surface area contributed by atoms with Gasteiger partial charge in [0, 0.05) is 67.9 Å². The summed E-state index contributed by atoms with van der Waals surface area (Å²) in [5, 5.41) is 14.1. The molecule has 41 heavy (non-hydrogen) atoms. The number of sulfone groups is 1. The zero-order valence-electron chi connectivity index (χ0n) is 23.7. The molecule has 0 atom stereocenters. The Hall–Kier alpha value is -3.18. The van der Waals surface area contributed by atoms with Gasteiger partial charge in [0.05, 0.1) is 16.9 Å². The number of carbonyl (C=O) groups is 1. The molecule has 10 nitrogen and oxygen atoms in total. The van der Waals surface area contributed by atoms with E-state index in [-0.39, 0.29) is 29.2 Å². The van der Waals surface area contributed by atoms with Crippen molar-refractivity contribution in [1.82, 2.24) is 19.4 Å². The van der Waals surface area contributed by atoms with Crippen molar-refractivity contribution in [2.24, 2.45) is 5.92 Å². The SMILES string of the molecule is CS(=O)(=O)C1CCN(c2cccc3c2ccn3-c2ccnc(N[C@H]3CC[C@H](C(=O)N4CCC(O)CC4)CC3)n2)CC1. The van der Waals surface area contributed by atoms with Gasteiger partial charge in [-0.3, -0.25) is 4.79 Å². The molecule has 0 unspecified atom stereocenters. The van der Waals surface area contributed by atoms with E-state index in [2.05, 4.69) is 38.0 Å². The Labute approximate surface area is 241 Å². The average Bonchev–Trinajstić information content (AvgIpc) is 3.42. The summed E-state index contributed by atoms with van der Waals surface area (Å²) in [7, 11) is -3.01. The quantitative estimate of drug-likeness (QED) is 0.455. The maximum Gasteiger partial charge on any atom is 0.225 e. The first-order valence-electron chi connectivity index (χ1n) is 14.9. The molecule has 220 valence electrons. The third kappa shape index (κ3) is 6.06. The van der Waals surface area contributed by atoms with Gasteiger partial charge in [-0.2, -0.15) is 4.98 Å². The first kappa shape index (κ1) is 28.0. The van der Waals surface area contributed by atoms with E-state index >= 15 is 0 Å². The van der Waals surface area contributed by atoms with Gasteiger partial charge in [0.1, 0.15) is 15.7 Å². The minimum absolute atomic E-state index is 0.0631. The van der Waals surface area contributed by atoms with Gasteiger partial charge < -0.3 is 24.8 Å². The van der Waals surface area contributed by atoms with E-state index < -0.39 is 9.84 Å². The van der Waals surface area contributed by atoms with Crippen LogP contribution in [0.25, 0.3) is 16.7 Å². The molecule has 1 amide bonds. The van der Waals surface area contributed by atoms with E-state index in [1.165, 1.54) is 6.26 Å². The largest absolute Gasteiger partial charge is 0.393 e. The summed E-state index contributed by atoms with van der Waals surface area (Å²) in [4.78, 5) is 26.5. The lowest BCUT2D eigenvalue weighted by Gasteiger charge is -2.35. The van der Waals surface area contributed by atoms with Crippen molar-refractivity contribution in [3.8, 4) is 5.82 Å². The van der Waals surface area contributed by atoms with Gasteiger partial charge in [-0.15, -0.1) is 0 Å². The number of amides is 1. The van der Waals surface area contributed by atoms with Gasteiger partial charge in [-0.05, 0) is 75.6 Å². The number of hydrogen-bond acceptors (Lipinski definition) is 8. The van der Waals surface area contributed by atoms with E-state index in [1.807, 2.05) is 23.2 Å². The van der Waals surface area contributed by atoms with Gasteiger partial charge in [0.15, 0.2) is 0 Å². The number of hydrogen-bond donors (Lipinski definition) is 2. The number of aliphatic hydroxyl groups is 1. The second-order valence-electron chi connectivity index (χ2n) is 11.9. The average molecular weight is 581 g/mol. The minimum atomic E-state index is -3.01. The molecular formula is C30H40N6O4S. The Kier molecular flexibility index (Phi) is 7.91. The molecule has 6 rings (SSSR count). The first-order chi connectivity index (χ1) is 19.8. The Morgan fingerprint density at radius 2 is 1.68 bits per heavy atom. The fourth-order valence-corrected chi connectivity index (χ4v) is 7.78. The monoisotopic (exact) mass is 580 g/mol. The third-order valence-corrected chi connectivity index (χ3v) is 10.9. The van der Waals surface area contributed by atoms with Crippen molar-refractivity contribution in [2.45, 2.75) is 68.8 Å². The molecule has 0 bridgehead atoms. The molecule has 2 aliphatic heterocycles. The van der Waals surface area contributed by atoms with Crippen LogP contribution in [0.1, 0.15) is 51.4 Å². The molecule has 2 saturated heterocycles. The van der Waals surface area contributed by atoms with Crippen LogP contribution in [0.15, 0.2) is 42.7 Å². The molecule has 1 saturated carbocycles. The summed E-state index contributed by atoms with van der Waals surface area (Å²) in [5.41, 5.74) is 2.16. The maximum atomic E-state index is 13.0. The fraction of sp³-hybridized carbons (Fsp3) is 0.567. The van der Waals surface area contributed by atoms with E-state index in [0.717, 1.165) is 61.2 Å². The lowest BCUT2D eigenvalue weighted by molar-refractivity contribution is -0.138. The Morgan fingerprint density at radius 3 is 2.39 bits per heavy atom. The lowest BCUT2D eigenvalue weighted by Crippen LogP contribution is -2.44. The van der Waals surface area contributed by atoms with Crippen LogP contribution in [-0.4, -0.2) is 88.7 Å². The molecule has 3 aliphatic rings. The summed E-state index contributed by atoms with van der Waals surface area (Å²) in [6.45, 7) is 2.77. The van der Waals surface area contributed by atoms with E-state index in [9.17, 15) is 18.3 Å². The molecular weight excluding hydrogens is 540 g/mol. The number of anilines is 2. The number of carbonyl (C=O) groups excluding carboxylic acids is 1. The summed E-state index contributed by atoms with van der Waals surface area (Å²) >= 11 is 0. The number of rotatable bonds is 6. The van der Waals surface area contributed by atoms with Crippen molar-refractivity contribution in [3.63, 3.8) is 0 Å². The highest BCUT2D eigenvalue weighted by molar-refractivity contribution is 7.91. The normalized spacial score (nSPS) is 23.2. The minimum Gasteiger partial charge on any atom is -0.393 e. The Morgan fingerprint density at radius 1 is 0.951 bits per heavy atom. The van der Waals surface area contributed by atoms with Crippen LogP contribution in [0.4, 0.5) is 11.6 Å². The van der Waals surface area contributed by atoms with E-state index in [0.29, 0.717) is 44.7 Å². The number of nitrogens with one attached hydrogen (secondary N) is 1.